The van der Waals surface area contributed by atoms with Gasteiger partial charge < -0.3 is 5.32 Å². The number of benzene rings is 1. The molecule has 1 aromatic rings. The van der Waals surface area contributed by atoms with Gasteiger partial charge in [0.1, 0.15) is 0 Å². The number of nitrogens with one attached hydrogen (secondary N) is 1. The molecule has 2 fully saturated rings. The fourth-order valence-electron chi connectivity index (χ4n) is 3.69. The quantitative estimate of drug-likeness (QED) is 0.920. The Kier molecular flexibility index (Phi) is 4.05. The van der Waals surface area contributed by atoms with E-state index in [1.165, 1.54) is 24.8 Å². The standard InChI is InChI=1S/C17H22N2S/c1-20-16-8-7-14(9-16)19-15-10-17(11-15,12-18)13-5-3-2-4-6-13/h2-6,14-16,19H,7-11H2,1H3. The summed E-state index contributed by atoms with van der Waals surface area (Å²) in [4.78, 5) is 0. The van der Waals surface area contributed by atoms with Crippen LogP contribution >= 0.6 is 11.8 Å². The van der Waals surface area contributed by atoms with Crippen molar-refractivity contribution in [1.29, 1.82) is 5.26 Å². The summed E-state index contributed by atoms with van der Waals surface area (Å²) in [6, 6.07) is 14.0. The Morgan fingerprint density at radius 2 is 1.95 bits per heavy atom. The molecule has 2 atom stereocenters. The van der Waals surface area contributed by atoms with Crippen LogP contribution in [0.4, 0.5) is 0 Å². The van der Waals surface area contributed by atoms with Crippen molar-refractivity contribution < 1.29 is 0 Å². The van der Waals surface area contributed by atoms with Crippen LogP contribution in [0.1, 0.15) is 37.7 Å². The van der Waals surface area contributed by atoms with E-state index in [1.54, 1.807) is 0 Å². The summed E-state index contributed by atoms with van der Waals surface area (Å²) < 4.78 is 0. The van der Waals surface area contributed by atoms with Gasteiger partial charge in [-0.3, -0.25) is 0 Å². The molecular formula is C17H22N2S. The number of nitriles is 1. The van der Waals surface area contributed by atoms with E-state index in [-0.39, 0.29) is 5.41 Å². The number of hydrogen-bond acceptors (Lipinski definition) is 3. The maximum absolute atomic E-state index is 9.57. The summed E-state index contributed by atoms with van der Waals surface area (Å²) in [5.41, 5.74) is 0.949. The van der Waals surface area contributed by atoms with E-state index < -0.39 is 0 Å². The second-order valence-electron chi connectivity index (χ2n) is 6.20. The van der Waals surface area contributed by atoms with Crippen LogP contribution in [0.15, 0.2) is 30.3 Å². The Balaban J connectivity index is 1.56. The van der Waals surface area contributed by atoms with Crippen molar-refractivity contribution in [3.05, 3.63) is 35.9 Å². The molecule has 2 saturated carbocycles. The lowest BCUT2D eigenvalue weighted by atomic mass is 9.62. The van der Waals surface area contributed by atoms with Crippen LogP contribution in [0.3, 0.4) is 0 Å². The van der Waals surface area contributed by atoms with E-state index in [0.717, 1.165) is 18.1 Å². The summed E-state index contributed by atoms with van der Waals surface area (Å²) in [6.45, 7) is 0. The molecule has 2 nitrogen and oxygen atoms in total. The zero-order valence-electron chi connectivity index (χ0n) is 12.0. The normalized spacial score (nSPS) is 36.3. The molecule has 1 N–H and O–H groups in total. The first kappa shape index (κ1) is 14.0. The van der Waals surface area contributed by atoms with Crippen LogP contribution in [0.5, 0.6) is 0 Å². The maximum Gasteiger partial charge on any atom is 0.0852 e. The monoisotopic (exact) mass is 286 g/mol. The van der Waals surface area contributed by atoms with Gasteiger partial charge in [0, 0.05) is 17.3 Å². The first-order chi connectivity index (χ1) is 9.75. The number of thioether (sulfide) groups is 1. The fraction of sp³-hybridized carbons (Fsp3) is 0.588. The zero-order chi connectivity index (χ0) is 14.0. The molecule has 3 rings (SSSR count). The van der Waals surface area contributed by atoms with E-state index in [2.05, 4.69) is 29.8 Å². The summed E-state index contributed by atoms with van der Waals surface area (Å²) >= 11 is 2.00. The molecule has 0 aliphatic heterocycles. The third-order valence-corrected chi connectivity index (χ3v) is 6.01. The highest BCUT2D eigenvalue weighted by Crippen LogP contribution is 2.44. The topological polar surface area (TPSA) is 35.8 Å². The molecule has 106 valence electrons. The molecule has 20 heavy (non-hydrogen) atoms. The minimum absolute atomic E-state index is 0.240. The van der Waals surface area contributed by atoms with Gasteiger partial charge >= 0.3 is 0 Å². The largest absolute Gasteiger partial charge is 0.311 e. The number of rotatable bonds is 4. The van der Waals surface area contributed by atoms with E-state index >= 15 is 0 Å². The zero-order valence-corrected chi connectivity index (χ0v) is 12.8. The Hall–Kier alpha value is -0.980. The predicted molar refractivity (Wildman–Crippen MR) is 84.8 cm³/mol. The maximum atomic E-state index is 9.57. The first-order valence-electron chi connectivity index (χ1n) is 7.51. The van der Waals surface area contributed by atoms with Gasteiger partial charge in [-0.05, 0) is 43.9 Å². The molecule has 0 amide bonds. The van der Waals surface area contributed by atoms with Gasteiger partial charge in [-0.1, -0.05) is 30.3 Å². The SMILES string of the molecule is CSC1CCC(NC2CC(C#N)(c3ccccc3)C2)C1. The second kappa shape index (κ2) is 5.79. The molecule has 0 bridgehead atoms. The van der Waals surface area contributed by atoms with Crippen molar-refractivity contribution >= 4 is 11.8 Å². The molecular weight excluding hydrogens is 264 g/mol. The van der Waals surface area contributed by atoms with Gasteiger partial charge in [0.25, 0.3) is 0 Å². The van der Waals surface area contributed by atoms with Crippen LogP contribution in [-0.4, -0.2) is 23.6 Å². The molecule has 0 saturated heterocycles. The number of hydrogen-bond donors (Lipinski definition) is 1. The van der Waals surface area contributed by atoms with Crippen LogP contribution in [0.25, 0.3) is 0 Å². The molecule has 0 heterocycles. The average Bonchev–Trinajstić information content (AvgIpc) is 2.91. The van der Waals surface area contributed by atoms with Crippen molar-refractivity contribution in [3.8, 4) is 6.07 Å². The lowest BCUT2D eigenvalue weighted by Crippen LogP contribution is -2.53. The summed E-state index contributed by atoms with van der Waals surface area (Å²) in [6.07, 6.45) is 8.08. The highest BCUT2D eigenvalue weighted by atomic mass is 32.2. The van der Waals surface area contributed by atoms with Crippen LogP contribution < -0.4 is 5.32 Å². The molecule has 0 spiro atoms. The molecule has 0 aromatic heterocycles. The van der Waals surface area contributed by atoms with Gasteiger partial charge in [-0.15, -0.1) is 0 Å². The predicted octanol–water partition coefficient (Wildman–Crippen LogP) is 3.48. The van der Waals surface area contributed by atoms with Gasteiger partial charge in [0.2, 0.25) is 0 Å². The van der Waals surface area contributed by atoms with Gasteiger partial charge in [0.05, 0.1) is 11.5 Å². The third kappa shape index (κ3) is 2.60. The number of nitrogens with zero attached hydrogens (tertiary/aromatic N) is 1. The van der Waals surface area contributed by atoms with E-state index in [9.17, 15) is 5.26 Å². The summed E-state index contributed by atoms with van der Waals surface area (Å²) in [5, 5.41) is 14.2. The summed E-state index contributed by atoms with van der Waals surface area (Å²) in [7, 11) is 0. The van der Waals surface area contributed by atoms with Gasteiger partial charge in [-0.25, -0.2) is 0 Å². The smallest absolute Gasteiger partial charge is 0.0852 e. The highest BCUT2D eigenvalue weighted by molar-refractivity contribution is 7.99. The van der Waals surface area contributed by atoms with Crippen molar-refractivity contribution in [3.63, 3.8) is 0 Å². The Morgan fingerprint density at radius 1 is 1.20 bits per heavy atom. The van der Waals surface area contributed by atoms with E-state index in [0.29, 0.717) is 12.1 Å². The molecule has 2 aliphatic rings. The molecule has 1 aromatic carbocycles. The van der Waals surface area contributed by atoms with Crippen LogP contribution in [0, 0.1) is 11.3 Å². The first-order valence-corrected chi connectivity index (χ1v) is 8.80. The Labute approximate surface area is 125 Å². The fourth-order valence-corrected chi connectivity index (χ4v) is 4.48. The van der Waals surface area contributed by atoms with Crippen molar-refractivity contribution in [2.45, 2.75) is 54.9 Å². The highest BCUT2D eigenvalue weighted by Gasteiger charge is 2.46. The Bertz CT molecular complexity index is 487. The lowest BCUT2D eigenvalue weighted by molar-refractivity contribution is 0.209. The van der Waals surface area contributed by atoms with Gasteiger partial charge in [0.15, 0.2) is 0 Å². The van der Waals surface area contributed by atoms with Crippen LogP contribution in [0.2, 0.25) is 0 Å². The van der Waals surface area contributed by atoms with E-state index in [4.69, 9.17) is 0 Å². The van der Waals surface area contributed by atoms with Crippen molar-refractivity contribution in [2.75, 3.05) is 6.26 Å². The average molecular weight is 286 g/mol. The van der Waals surface area contributed by atoms with E-state index in [1.807, 2.05) is 30.0 Å². The van der Waals surface area contributed by atoms with Gasteiger partial charge in [-0.2, -0.15) is 17.0 Å². The molecule has 2 aliphatic carbocycles. The summed E-state index contributed by atoms with van der Waals surface area (Å²) in [5.74, 6) is 0. The minimum Gasteiger partial charge on any atom is -0.311 e. The molecule has 0 radical (unpaired) electrons. The van der Waals surface area contributed by atoms with Crippen LogP contribution in [-0.2, 0) is 5.41 Å². The molecule has 3 heteroatoms. The second-order valence-corrected chi connectivity index (χ2v) is 7.34. The minimum atomic E-state index is -0.240. The molecule has 2 unspecified atom stereocenters. The van der Waals surface area contributed by atoms with Crippen molar-refractivity contribution in [2.24, 2.45) is 0 Å². The van der Waals surface area contributed by atoms with Crippen molar-refractivity contribution in [1.82, 2.24) is 5.32 Å². The lowest BCUT2D eigenvalue weighted by Gasteiger charge is -2.44. The Morgan fingerprint density at radius 3 is 2.55 bits per heavy atom. The third-order valence-electron chi connectivity index (χ3n) is 4.92.